The van der Waals surface area contributed by atoms with Crippen LogP contribution in [0, 0.1) is 5.92 Å². The third-order valence-corrected chi connectivity index (χ3v) is 2.45. The Morgan fingerprint density at radius 3 is 2.67 bits per heavy atom. The van der Waals surface area contributed by atoms with Crippen molar-refractivity contribution in [1.29, 1.82) is 0 Å². The van der Waals surface area contributed by atoms with Crippen LogP contribution in [0.3, 0.4) is 0 Å². The number of carbonyl (C=O) groups is 2. The highest BCUT2D eigenvalue weighted by molar-refractivity contribution is 5.70. The summed E-state index contributed by atoms with van der Waals surface area (Å²) in [5.41, 5.74) is 4.90. The minimum absolute atomic E-state index is 0.353. The van der Waals surface area contributed by atoms with E-state index in [0.717, 1.165) is 0 Å². The zero-order chi connectivity index (χ0) is 11.3. The lowest BCUT2D eigenvalue weighted by Gasteiger charge is -2.18. The molecule has 0 aromatic carbocycles. The van der Waals surface area contributed by atoms with Crippen molar-refractivity contribution < 1.29 is 19.4 Å². The van der Waals surface area contributed by atoms with Gasteiger partial charge in [-0.25, -0.2) is 4.79 Å². The van der Waals surface area contributed by atoms with Gasteiger partial charge in [0.2, 0.25) is 0 Å². The lowest BCUT2D eigenvalue weighted by molar-refractivity contribution is -0.142. The number of carbonyl (C=O) groups excluding carboxylic acids is 1. The highest BCUT2D eigenvalue weighted by atomic mass is 16.6. The van der Waals surface area contributed by atoms with Gasteiger partial charge >= 0.3 is 12.1 Å². The van der Waals surface area contributed by atoms with Crippen molar-refractivity contribution in [2.45, 2.75) is 31.8 Å². The maximum absolute atomic E-state index is 10.8. The SMILES string of the molecule is NC(=O)OC1C=CCCC(C(=O)O)CC1. The monoisotopic (exact) mass is 213 g/mol. The number of hydrogen-bond acceptors (Lipinski definition) is 3. The van der Waals surface area contributed by atoms with Gasteiger partial charge in [-0.3, -0.25) is 4.79 Å². The molecule has 1 aliphatic carbocycles. The molecule has 0 fully saturated rings. The molecule has 2 atom stereocenters. The molecule has 1 aliphatic rings. The molecule has 5 heteroatoms. The van der Waals surface area contributed by atoms with E-state index in [0.29, 0.717) is 25.7 Å². The van der Waals surface area contributed by atoms with Crippen molar-refractivity contribution in [1.82, 2.24) is 0 Å². The van der Waals surface area contributed by atoms with E-state index < -0.39 is 12.1 Å². The Bertz CT molecular complexity index is 275. The van der Waals surface area contributed by atoms with Crippen LogP contribution < -0.4 is 5.73 Å². The molecular weight excluding hydrogens is 198 g/mol. The van der Waals surface area contributed by atoms with E-state index in [1.54, 1.807) is 6.08 Å². The predicted molar refractivity (Wildman–Crippen MR) is 53.2 cm³/mol. The van der Waals surface area contributed by atoms with Gasteiger partial charge in [-0.15, -0.1) is 0 Å². The summed E-state index contributed by atoms with van der Waals surface area (Å²) in [7, 11) is 0. The van der Waals surface area contributed by atoms with Gasteiger partial charge in [-0.05, 0) is 31.8 Å². The first-order valence-corrected chi connectivity index (χ1v) is 4.95. The molecule has 0 aliphatic heterocycles. The maximum Gasteiger partial charge on any atom is 0.405 e. The van der Waals surface area contributed by atoms with Crippen molar-refractivity contribution in [3.8, 4) is 0 Å². The number of nitrogens with two attached hydrogens (primary N) is 1. The van der Waals surface area contributed by atoms with E-state index >= 15 is 0 Å². The van der Waals surface area contributed by atoms with Crippen LogP contribution in [0.5, 0.6) is 0 Å². The van der Waals surface area contributed by atoms with Crippen LogP contribution in [0.1, 0.15) is 25.7 Å². The fourth-order valence-corrected chi connectivity index (χ4v) is 1.65. The zero-order valence-corrected chi connectivity index (χ0v) is 8.39. The first-order valence-electron chi connectivity index (χ1n) is 4.95. The Labute approximate surface area is 87.9 Å². The summed E-state index contributed by atoms with van der Waals surface area (Å²) in [6.07, 6.45) is 4.74. The summed E-state index contributed by atoms with van der Waals surface area (Å²) in [4.78, 5) is 21.3. The lowest BCUT2D eigenvalue weighted by Crippen LogP contribution is -2.24. The number of rotatable bonds is 2. The van der Waals surface area contributed by atoms with Crippen LogP contribution in [0.15, 0.2) is 12.2 Å². The first-order chi connectivity index (χ1) is 7.09. The number of carboxylic acids is 1. The molecular formula is C10H15NO4. The van der Waals surface area contributed by atoms with Gasteiger partial charge in [-0.2, -0.15) is 0 Å². The highest BCUT2D eigenvalue weighted by Gasteiger charge is 2.21. The number of carboxylic acid groups (broad SMARTS) is 1. The van der Waals surface area contributed by atoms with E-state index in [2.05, 4.69) is 0 Å². The van der Waals surface area contributed by atoms with Gasteiger partial charge in [0.15, 0.2) is 0 Å². The summed E-state index contributed by atoms with van der Waals surface area (Å²) >= 11 is 0. The topological polar surface area (TPSA) is 89.6 Å². The number of hydrogen-bond donors (Lipinski definition) is 2. The van der Waals surface area contributed by atoms with Crippen LogP contribution in [-0.4, -0.2) is 23.3 Å². The van der Waals surface area contributed by atoms with E-state index in [4.69, 9.17) is 15.6 Å². The van der Waals surface area contributed by atoms with Crippen molar-refractivity contribution in [2.24, 2.45) is 11.7 Å². The van der Waals surface area contributed by atoms with E-state index in [1.165, 1.54) is 0 Å². The van der Waals surface area contributed by atoms with Crippen molar-refractivity contribution in [3.63, 3.8) is 0 Å². The number of primary amides is 1. The van der Waals surface area contributed by atoms with Gasteiger partial charge < -0.3 is 15.6 Å². The fourth-order valence-electron chi connectivity index (χ4n) is 1.65. The second-order valence-corrected chi connectivity index (χ2v) is 3.59. The van der Waals surface area contributed by atoms with Gasteiger partial charge in [0, 0.05) is 0 Å². The average Bonchev–Trinajstić information content (AvgIpc) is 2.08. The van der Waals surface area contributed by atoms with Crippen molar-refractivity contribution in [3.05, 3.63) is 12.2 Å². The second kappa shape index (κ2) is 5.38. The number of allylic oxidation sites excluding steroid dienone is 1. The van der Waals surface area contributed by atoms with Crippen LogP contribution in [-0.2, 0) is 9.53 Å². The molecule has 0 radical (unpaired) electrons. The first kappa shape index (κ1) is 11.6. The molecule has 0 aromatic heterocycles. The van der Waals surface area contributed by atoms with E-state index in [9.17, 15) is 9.59 Å². The Morgan fingerprint density at radius 2 is 2.07 bits per heavy atom. The molecule has 0 spiro atoms. The Hall–Kier alpha value is -1.52. The molecule has 0 aromatic rings. The number of amides is 1. The summed E-state index contributed by atoms with van der Waals surface area (Å²) in [5, 5.41) is 8.87. The second-order valence-electron chi connectivity index (χ2n) is 3.59. The predicted octanol–water partition coefficient (Wildman–Crippen LogP) is 1.28. The van der Waals surface area contributed by atoms with Crippen LogP contribution in [0.2, 0.25) is 0 Å². The molecule has 15 heavy (non-hydrogen) atoms. The molecule has 1 rings (SSSR count). The molecule has 5 nitrogen and oxygen atoms in total. The van der Waals surface area contributed by atoms with Crippen LogP contribution in [0.25, 0.3) is 0 Å². The largest absolute Gasteiger partial charge is 0.481 e. The molecule has 0 saturated carbocycles. The summed E-state index contributed by atoms with van der Waals surface area (Å²) in [6, 6.07) is 0. The highest BCUT2D eigenvalue weighted by Crippen LogP contribution is 2.20. The quantitative estimate of drug-likeness (QED) is 0.676. The molecule has 0 bridgehead atoms. The van der Waals surface area contributed by atoms with Gasteiger partial charge in [0.25, 0.3) is 0 Å². The Kier molecular flexibility index (Phi) is 4.15. The van der Waals surface area contributed by atoms with Crippen LogP contribution in [0.4, 0.5) is 4.79 Å². The van der Waals surface area contributed by atoms with E-state index in [-0.39, 0.29) is 12.0 Å². The van der Waals surface area contributed by atoms with E-state index in [1.807, 2.05) is 6.08 Å². The standard InChI is InChI=1S/C10H15NO4/c11-10(14)15-8-4-2-1-3-7(5-6-8)9(12)13/h2,4,7-8H,1,3,5-6H2,(H2,11,14)(H,12,13). The minimum atomic E-state index is -0.822. The third-order valence-electron chi connectivity index (χ3n) is 2.45. The van der Waals surface area contributed by atoms with Gasteiger partial charge in [-0.1, -0.05) is 6.08 Å². The Balaban J connectivity index is 2.53. The third kappa shape index (κ3) is 4.01. The fraction of sp³-hybridized carbons (Fsp3) is 0.600. The molecule has 0 saturated heterocycles. The number of aliphatic carboxylic acids is 1. The van der Waals surface area contributed by atoms with Gasteiger partial charge in [0.1, 0.15) is 6.10 Å². The molecule has 2 unspecified atom stereocenters. The minimum Gasteiger partial charge on any atom is -0.481 e. The lowest BCUT2D eigenvalue weighted by atomic mass is 9.93. The molecule has 3 N–H and O–H groups in total. The molecule has 84 valence electrons. The van der Waals surface area contributed by atoms with Crippen molar-refractivity contribution >= 4 is 12.1 Å². The normalized spacial score (nSPS) is 26.4. The molecule has 1 amide bonds. The Morgan fingerprint density at radius 1 is 1.33 bits per heavy atom. The maximum atomic E-state index is 10.8. The zero-order valence-electron chi connectivity index (χ0n) is 8.39. The summed E-state index contributed by atoms with van der Waals surface area (Å²) < 4.78 is 4.81. The van der Waals surface area contributed by atoms with Crippen LogP contribution >= 0.6 is 0 Å². The average molecular weight is 213 g/mol. The molecule has 0 heterocycles. The summed E-state index contributed by atoms with van der Waals surface area (Å²) in [5.74, 6) is -1.14. The van der Waals surface area contributed by atoms with Crippen molar-refractivity contribution in [2.75, 3.05) is 0 Å². The smallest absolute Gasteiger partial charge is 0.405 e. The number of ether oxygens (including phenoxy) is 1. The summed E-state index contributed by atoms with van der Waals surface area (Å²) in [6.45, 7) is 0. The van der Waals surface area contributed by atoms with Gasteiger partial charge in [0.05, 0.1) is 5.92 Å².